The molecule has 2 rings (SSSR count). The first-order valence-electron chi connectivity index (χ1n) is 6.76. The maximum absolute atomic E-state index is 11.2. The van der Waals surface area contributed by atoms with E-state index in [4.69, 9.17) is 17.3 Å². The number of amides is 1. The van der Waals surface area contributed by atoms with Gasteiger partial charge in [0, 0.05) is 29.9 Å². The normalized spacial score (nSPS) is 10.9. The van der Waals surface area contributed by atoms with E-state index in [1.54, 1.807) is 18.2 Å². The Morgan fingerprint density at radius 1 is 1.48 bits per heavy atom. The first kappa shape index (κ1) is 15.4. The van der Waals surface area contributed by atoms with E-state index in [9.17, 15) is 4.79 Å². The number of halogens is 1. The van der Waals surface area contributed by atoms with Gasteiger partial charge in [0.1, 0.15) is 0 Å². The minimum atomic E-state index is -0.474. The Bertz CT molecular complexity index is 664. The van der Waals surface area contributed by atoms with Crippen molar-refractivity contribution in [1.29, 1.82) is 0 Å². The molecule has 0 aliphatic carbocycles. The second-order valence-electron chi connectivity index (χ2n) is 5.23. The van der Waals surface area contributed by atoms with E-state index in [1.807, 2.05) is 17.8 Å². The van der Waals surface area contributed by atoms with Crippen LogP contribution in [0, 0.1) is 6.92 Å². The van der Waals surface area contributed by atoms with Crippen LogP contribution in [0.2, 0.25) is 5.02 Å². The number of hydrogen-bond donors (Lipinski definition) is 2. The van der Waals surface area contributed by atoms with E-state index in [-0.39, 0.29) is 0 Å². The summed E-state index contributed by atoms with van der Waals surface area (Å²) in [5, 5.41) is 8.23. The summed E-state index contributed by atoms with van der Waals surface area (Å²) in [4.78, 5) is 11.2. The van der Waals surface area contributed by atoms with Crippen LogP contribution in [-0.4, -0.2) is 15.7 Å². The monoisotopic (exact) mass is 306 g/mol. The lowest BCUT2D eigenvalue weighted by Crippen LogP contribution is -2.11. The van der Waals surface area contributed by atoms with Crippen molar-refractivity contribution in [2.24, 2.45) is 5.73 Å². The average Bonchev–Trinajstić information content (AvgIpc) is 2.79. The van der Waals surface area contributed by atoms with Crippen molar-refractivity contribution < 1.29 is 4.79 Å². The van der Waals surface area contributed by atoms with Crippen LogP contribution in [0.1, 0.15) is 41.5 Å². The number of nitrogens with one attached hydrogen (secondary N) is 1. The van der Waals surface area contributed by atoms with Crippen LogP contribution in [0.15, 0.2) is 24.4 Å². The highest BCUT2D eigenvalue weighted by Gasteiger charge is 2.09. The number of hydrogen-bond acceptors (Lipinski definition) is 3. The zero-order valence-electron chi connectivity index (χ0n) is 12.4. The van der Waals surface area contributed by atoms with Crippen molar-refractivity contribution in [3.05, 3.63) is 46.2 Å². The van der Waals surface area contributed by atoms with Crippen LogP contribution in [0.3, 0.4) is 0 Å². The van der Waals surface area contributed by atoms with E-state index in [2.05, 4.69) is 24.3 Å². The Balaban J connectivity index is 2.16. The van der Waals surface area contributed by atoms with Crippen molar-refractivity contribution in [3.8, 4) is 0 Å². The second kappa shape index (κ2) is 6.18. The number of nitrogens with zero attached hydrogens (tertiary/aromatic N) is 2. The maximum atomic E-state index is 11.2. The molecule has 0 fully saturated rings. The quantitative estimate of drug-likeness (QED) is 0.891. The molecule has 1 heterocycles. The minimum Gasteiger partial charge on any atom is -0.380 e. The van der Waals surface area contributed by atoms with Crippen molar-refractivity contribution in [2.45, 2.75) is 33.4 Å². The average molecular weight is 307 g/mol. The van der Waals surface area contributed by atoms with Crippen molar-refractivity contribution in [1.82, 2.24) is 9.78 Å². The molecule has 0 unspecified atom stereocenters. The maximum Gasteiger partial charge on any atom is 0.248 e. The molecule has 21 heavy (non-hydrogen) atoms. The molecule has 0 saturated carbocycles. The third kappa shape index (κ3) is 3.55. The lowest BCUT2D eigenvalue weighted by atomic mass is 10.2. The molecule has 0 radical (unpaired) electrons. The lowest BCUT2D eigenvalue weighted by molar-refractivity contribution is 0.100. The van der Waals surface area contributed by atoms with Gasteiger partial charge in [-0.2, -0.15) is 5.10 Å². The van der Waals surface area contributed by atoms with Crippen molar-refractivity contribution in [2.75, 3.05) is 5.32 Å². The molecule has 0 saturated heterocycles. The summed E-state index contributed by atoms with van der Waals surface area (Å²) in [5.41, 5.74) is 8.45. The van der Waals surface area contributed by atoms with Crippen molar-refractivity contribution >= 4 is 23.2 Å². The molecule has 0 aliphatic heterocycles. The fourth-order valence-corrected chi connectivity index (χ4v) is 2.15. The molecule has 1 amide bonds. The Labute approximate surface area is 129 Å². The van der Waals surface area contributed by atoms with Gasteiger partial charge in [-0.05, 0) is 39.0 Å². The lowest BCUT2D eigenvalue weighted by Gasteiger charge is -2.09. The fraction of sp³-hybridized carbons (Fsp3) is 0.333. The first-order valence-corrected chi connectivity index (χ1v) is 7.14. The summed E-state index contributed by atoms with van der Waals surface area (Å²) in [6.07, 6.45) is 2.01. The molecular formula is C15H19ClN4O. The molecule has 3 N–H and O–H groups in total. The SMILES string of the molecule is Cc1nn(C(C)C)cc1CNc1cc(C(N)=O)ccc1Cl. The number of aryl methyl sites for hydroxylation is 1. The van der Waals surface area contributed by atoms with Gasteiger partial charge in [-0.25, -0.2) is 0 Å². The van der Waals surface area contributed by atoms with Crippen LogP contribution in [0.5, 0.6) is 0 Å². The second-order valence-corrected chi connectivity index (χ2v) is 5.63. The van der Waals surface area contributed by atoms with Gasteiger partial charge in [0.25, 0.3) is 0 Å². The summed E-state index contributed by atoms with van der Waals surface area (Å²) in [5.74, 6) is -0.474. The molecule has 112 valence electrons. The van der Waals surface area contributed by atoms with Gasteiger partial charge in [-0.15, -0.1) is 0 Å². The molecule has 0 aliphatic rings. The Kier molecular flexibility index (Phi) is 4.53. The Morgan fingerprint density at radius 2 is 2.19 bits per heavy atom. The highest BCUT2D eigenvalue weighted by atomic mass is 35.5. The van der Waals surface area contributed by atoms with E-state index in [0.717, 1.165) is 11.3 Å². The third-order valence-electron chi connectivity index (χ3n) is 3.27. The standard InChI is InChI=1S/C15H19ClN4O/c1-9(2)20-8-12(10(3)19-20)7-18-14-6-11(15(17)21)4-5-13(14)16/h4-6,8-9,18H,7H2,1-3H3,(H2,17,21). The van der Waals surface area contributed by atoms with E-state index >= 15 is 0 Å². The molecule has 0 spiro atoms. The zero-order valence-corrected chi connectivity index (χ0v) is 13.1. The molecule has 1 aromatic carbocycles. The number of rotatable bonds is 5. The number of carbonyl (C=O) groups is 1. The number of anilines is 1. The summed E-state index contributed by atoms with van der Waals surface area (Å²) in [7, 11) is 0. The highest BCUT2D eigenvalue weighted by molar-refractivity contribution is 6.33. The summed E-state index contributed by atoms with van der Waals surface area (Å²) in [6.45, 7) is 6.71. The number of carbonyl (C=O) groups excluding carboxylic acids is 1. The largest absolute Gasteiger partial charge is 0.380 e. The van der Waals surface area contributed by atoms with Gasteiger partial charge < -0.3 is 11.1 Å². The van der Waals surface area contributed by atoms with Gasteiger partial charge in [0.05, 0.1) is 16.4 Å². The number of aromatic nitrogens is 2. The van der Waals surface area contributed by atoms with E-state index in [0.29, 0.717) is 28.9 Å². The van der Waals surface area contributed by atoms with Gasteiger partial charge in [-0.3, -0.25) is 9.48 Å². The Hall–Kier alpha value is -2.01. The smallest absolute Gasteiger partial charge is 0.248 e. The predicted molar refractivity (Wildman–Crippen MR) is 84.6 cm³/mol. The van der Waals surface area contributed by atoms with Gasteiger partial charge >= 0.3 is 0 Å². The number of nitrogens with two attached hydrogens (primary N) is 1. The van der Waals surface area contributed by atoms with Crippen LogP contribution in [0.25, 0.3) is 0 Å². The molecule has 6 heteroatoms. The molecular weight excluding hydrogens is 288 g/mol. The van der Waals surface area contributed by atoms with Gasteiger partial charge in [0.15, 0.2) is 0 Å². The van der Waals surface area contributed by atoms with Crippen LogP contribution in [-0.2, 0) is 6.54 Å². The number of primary amides is 1. The van der Waals surface area contributed by atoms with Gasteiger partial charge in [0.2, 0.25) is 5.91 Å². The third-order valence-corrected chi connectivity index (χ3v) is 3.60. The molecule has 2 aromatic rings. The van der Waals surface area contributed by atoms with Crippen LogP contribution >= 0.6 is 11.6 Å². The fourth-order valence-electron chi connectivity index (χ4n) is 1.96. The molecule has 0 atom stereocenters. The summed E-state index contributed by atoms with van der Waals surface area (Å²) < 4.78 is 1.92. The summed E-state index contributed by atoms with van der Waals surface area (Å²) >= 11 is 6.13. The molecule has 5 nitrogen and oxygen atoms in total. The van der Waals surface area contributed by atoms with E-state index < -0.39 is 5.91 Å². The first-order chi connectivity index (χ1) is 9.88. The predicted octanol–water partition coefficient (Wildman–Crippen LogP) is 3.14. The number of benzene rings is 1. The van der Waals surface area contributed by atoms with Crippen molar-refractivity contribution in [3.63, 3.8) is 0 Å². The highest BCUT2D eigenvalue weighted by Crippen LogP contribution is 2.24. The Morgan fingerprint density at radius 3 is 2.76 bits per heavy atom. The summed E-state index contributed by atoms with van der Waals surface area (Å²) in [6, 6.07) is 5.25. The molecule has 0 bridgehead atoms. The zero-order chi connectivity index (χ0) is 15.6. The van der Waals surface area contributed by atoms with E-state index in [1.165, 1.54) is 0 Å². The topological polar surface area (TPSA) is 72.9 Å². The molecule has 1 aromatic heterocycles. The van der Waals surface area contributed by atoms with Crippen LogP contribution < -0.4 is 11.1 Å². The minimum absolute atomic E-state index is 0.319. The van der Waals surface area contributed by atoms with Crippen LogP contribution in [0.4, 0.5) is 5.69 Å². The van der Waals surface area contributed by atoms with Gasteiger partial charge in [-0.1, -0.05) is 11.6 Å².